The van der Waals surface area contributed by atoms with E-state index in [9.17, 15) is 21.6 Å². The molecule has 0 radical (unpaired) electrons. The second-order valence-electron chi connectivity index (χ2n) is 5.30. The fourth-order valence-corrected chi connectivity index (χ4v) is 2.50. The highest BCUT2D eigenvalue weighted by molar-refractivity contribution is 7.89. The molecule has 0 unspecified atom stereocenters. The summed E-state index contributed by atoms with van der Waals surface area (Å²) in [6, 6.07) is 0.113. The molecular formula is C15H28F3N3O2S. The van der Waals surface area contributed by atoms with E-state index in [2.05, 4.69) is 21.9 Å². The van der Waals surface area contributed by atoms with Gasteiger partial charge in [-0.25, -0.2) is 13.1 Å². The molecule has 0 heterocycles. The first-order valence-electron chi connectivity index (χ1n) is 7.94. The molecule has 0 bridgehead atoms. The molecule has 0 saturated carbocycles. The van der Waals surface area contributed by atoms with E-state index in [-0.39, 0.29) is 18.2 Å². The summed E-state index contributed by atoms with van der Waals surface area (Å²) in [5, 5.41) is 6.03. The molecule has 0 spiro atoms. The fourth-order valence-electron chi connectivity index (χ4n) is 1.86. The summed E-state index contributed by atoms with van der Waals surface area (Å²) < 4.78 is 62.6. The number of allylic oxidation sites excluding steroid dienone is 2. The van der Waals surface area contributed by atoms with Crippen LogP contribution in [0.25, 0.3) is 0 Å². The van der Waals surface area contributed by atoms with Crippen molar-refractivity contribution in [2.24, 2.45) is 5.92 Å². The Balaban J connectivity index is 3.98. The van der Waals surface area contributed by atoms with Crippen LogP contribution in [0, 0.1) is 5.92 Å². The molecule has 0 aliphatic rings. The van der Waals surface area contributed by atoms with Crippen LogP contribution in [-0.4, -0.2) is 39.6 Å². The quantitative estimate of drug-likeness (QED) is 0.264. The molecule has 5 nitrogen and oxygen atoms in total. The lowest BCUT2D eigenvalue weighted by Gasteiger charge is -2.17. The van der Waals surface area contributed by atoms with E-state index in [1.807, 2.05) is 6.92 Å². The van der Waals surface area contributed by atoms with Crippen LogP contribution < -0.4 is 15.4 Å². The molecule has 0 aliphatic carbocycles. The molecule has 9 heteroatoms. The zero-order valence-corrected chi connectivity index (χ0v) is 15.0. The van der Waals surface area contributed by atoms with Crippen LogP contribution in [0.1, 0.15) is 33.1 Å². The van der Waals surface area contributed by atoms with Gasteiger partial charge in [-0.15, -0.1) is 6.58 Å². The van der Waals surface area contributed by atoms with E-state index < -0.39 is 22.1 Å². The van der Waals surface area contributed by atoms with Gasteiger partial charge in [0.15, 0.2) is 0 Å². The van der Waals surface area contributed by atoms with Gasteiger partial charge in [0.05, 0.1) is 18.3 Å². The third kappa shape index (κ3) is 10.7. The number of hydrogen-bond acceptors (Lipinski definition) is 4. The second kappa shape index (κ2) is 11.5. The minimum Gasteiger partial charge on any atom is -0.379 e. The highest BCUT2D eigenvalue weighted by Crippen LogP contribution is 2.29. The number of hydrogen-bond donors (Lipinski definition) is 3. The molecule has 0 aromatic heterocycles. The zero-order chi connectivity index (χ0) is 18.6. The van der Waals surface area contributed by atoms with Crippen molar-refractivity contribution in [3.8, 4) is 0 Å². The van der Waals surface area contributed by atoms with Gasteiger partial charge in [-0.05, 0) is 32.4 Å². The van der Waals surface area contributed by atoms with Gasteiger partial charge in [-0.3, -0.25) is 5.32 Å². The van der Waals surface area contributed by atoms with Crippen LogP contribution in [0.4, 0.5) is 13.2 Å². The molecule has 24 heavy (non-hydrogen) atoms. The van der Waals surface area contributed by atoms with Crippen LogP contribution in [0.5, 0.6) is 0 Å². The van der Waals surface area contributed by atoms with Gasteiger partial charge in [0.25, 0.3) is 0 Å². The molecular weight excluding hydrogens is 343 g/mol. The molecule has 2 atom stereocenters. The molecule has 142 valence electrons. The number of sulfonamides is 1. The number of halogens is 3. The van der Waals surface area contributed by atoms with Crippen LogP contribution in [0.15, 0.2) is 24.9 Å². The molecule has 0 aromatic rings. The lowest BCUT2D eigenvalue weighted by molar-refractivity contribution is -0.160. The van der Waals surface area contributed by atoms with E-state index in [0.29, 0.717) is 19.6 Å². The third-order valence-electron chi connectivity index (χ3n) is 3.51. The Morgan fingerprint density at radius 2 is 1.92 bits per heavy atom. The summed E-state index contributed by atoms with van der Waals surface area (Å²) in [6.45, 7) is 7.48. The van der Waals surface area contributed by atoms with Crippen molar-refractivity contribution in [2.45, 2.75) is 45.3 Å². The average molecular weight is 371 g/mol. The van der Waals surface area contributed by atoms with Gasteiger partial charge < -0.3 is 5.32 Å². The Morgan fingerprint density at radius 1 is 1.25 bits per heavy atom. The van der Waals surface area contributed by atoms with E-state index in [0.717, 1.165) is 12.5 Å². The Labute approximate surface area is 142 Å². The van der Waals surface area contributed by atoms with E-state index in [1.54, 1.807) is 6.92 Å². The summed E-state index contributed by atoms with van der Waals surface area (Å²) in [6.07, 6.45) is 0.797. The summed E-state index contributed by atoms with van der Waals surface area (Å²) in [7, 11) is -3.18. The number of alkyl halides is 3. The maximum Gasteiger partial charge on any atom is 0.395 e. The maximum absolute atomic E-state index is 12.5. The van der Waals surface area contributed by atoms with Crippen molar-refractivity contribution in [1.29, 1.82) is 0 Å². The van der Waals surface area contributed by atoms with Gasteiger partial charge in [0, 0.05) is 12.6 Å². The van der Waals surface area contributed by atoms with E-state index in [1.165, 1.54) is 12.3 Å². The van der Waals surface area contributed by atoms with Crippen molar-refractivity contribution in [3.05, 3.63) is 24.9 Å². The Morgan fingerprint density at radius 3 is 2.42 bits per heavy atom. The summed E-state index contributed by atoms with van der Waals surface area (Å²) in [5.41, 5.74) is 0. The van der Waals surface area contributed by atoms with Gasteiger partial charge in [-0.2, -0.15) is 13.2 Å². The van der Waals surface area contributed by atoms with Crippen molar-refractivity contribution in [1.82, 2.24) is 15.4 Å². The lowest BCUT2D eigenvalue weighted by atomic mass is 10.1. The molecule has 0 aliphatic heterocycles. The minimum atomic E-state index is -4.27. The lowest BCUT2D eigenvalue weighted by Crippen LogP contribution is -2.38. The van der Waals surface area contributed by atoms with Crippen LogP contribution >= 0.6 is 0 Å². The van der Waals surface area contributed by atoms with Gasteiger partial charge in [0.2, 0.25) is 10.0 Å². The molecule has 0 aromatic carbocycles. The SMILES string of the molecule is C=C[C@H](C/C=C/NCN[C@H](CC)CCNS(=O)(=O)CC)C(F)(F)F. The highest BCUT2D eigenvalue weighted by Gasteiger charge is 2.36. The predicted molar refractivity (Wildman–Crippen MR) is 90.8 cm³/mol. The van der Waals surface area contributed by atoms with E-state index in [4.69, 9.17) is 0 Å². The highest BCUT2D eigenvalue weighted by atomic mass is 32.2. The maximum atomic E-state index is 12.5. The first kappa shape index (κ1) is 22.9. The molecule has 0 fully saturated rings. The summed E-state index contributed by atoms with van der Waals surface area (Å²) >= 11 is 0. The zero-order valence-electron chi connectivity index (χ0n) is 14.2. The Hall–Kier alpha value is -1.06. The minimum absolute atomic E-state index is 0.0488. The molecule has 0 saturated heterocycles. The summed E-state index contributed by atoms with van der Waals surface area (Å²) in [4.78, 5) is 0. The average Bonchev–Trinajstić information content (AvgIpc) is 2.51. The monoisotopic (exact) mass is 371 g/mol. The molecule has 0 rings (SSSR count). The first-order chi connectivity index (χ1) is 11.2. The van der Waals surface area contributed by atoms with Gasteiger partial charge in [-0.1, -0.05) is 19.1 Å². The predicted octanol–water partition coefficient (Wildman–Crippen LogP) is 2.50. The van der Waals surface area contributed by atoms with Crippen molar-refractivity contribution in [3.63, 3.8) is 0 Å². The third-order valence-corrected chi connectivity index (χ3v) is 4.92. The van der Waals surface area contributed by atoms with Gasteiger partial charge in [0.1, 0.15) is 0 Å². The largest absolute Gasteiger partial charge is 0.395 e. The topological polar surface area (TPSA) is 70.2 Å². The molecule has 0 amide bonds. The van der Waals surface area contributed by atoms with Crippen LogP contribution in [0.2, 0.25) is 0 Å². The smallest absolute Gasteiger partial charge is 0.379 e. The number of rotatable bonds is 13. The van der Waals surface area contributed by atoms with Crippen molar-refractivity contribution < 1.29 is 21.6 Å². The van der Waals surface area contributed by atoms with Crippen LogP contribution in [0.3, 0.4) is 0 Å². The first-order valence-corrected chi connectivity index (χ1v) is 9.59. The van der Waals surface area contributed by atoms with Crippen molar-refractivity contribution >= 4 is 10.0 Å². The fraction of sp³-hybridized carbons (Fsp3) is 0.733. The second-order valence-corrected chi connectivity index (χ2v) is 7.39. The van der Waals surface area contributed by atoms with Gasteiger partial charge >= 0.3 is 6.18 Å². The Bertz CT molecular complexity index is 479. The molecule has 3 N–H and O–H groups in total. The van der Waals surface area contributed by atoms with E-state index >= 15 is 0 Å². The Kier molecular flexibility index (Phi) is 11.0. The standard InChI is InChI=1S/C15H28F3N3O2S/c1-4-13(15(16,17)18)8-7-10-19-12-20-14(5-2)9-11-21-24(22,23)6-3/h4,7,10,13-14,19-21H,1,5-6,8-9,11-12H2,2-3H3/b10-7+/t13-,14-/m1/s1. The van der Waals surface area contributed by atoms with Crippen molar-refractivity contribution in [2.75, 3.05) is 19.0 Å². The van der Waals surface area contributed by atoms with Crippen LogP contribution in [-0.2, 0) is 10.0 Å². The normalized spacial score (nSPS) is 15.4. The summed E-state index contributed by atoms with van der Waals surface area (Å²) in [5.74, 6) is -1.49. The number of nitrogens with one attached hydrogen (secondary N) is 3.